The van der Waals surface area contributed by atoms with Crippen LogP contribution in [0.1, 0.15) is 53.4 Å². The molecule has 0 saturated carbocycles. The maximum absolute atomic E-state index is 12.0. The molecule has 2 atom stereocenters. The summed E-state index contributed by atoms with van der Waals surface area (Å²) in [6.45, 7) is 9.87. The number of hydrogen-bond acceptors (Lipinski definition) is 3. The lowest BCUT2D eigenvalue weighted by Crippen LogP contribution is -2.52. The van der Waals surface area contributed by atoms with E-state index in [1.807, 2.05) is 6.92 Å². The van der Waals surface area contributed by atoms with Crippen molar-refractivity contribution in [1.29, 1.82) is 0 Å². The third-order valence-electron chi connectivity index (χ3n) is 3.20. The number of nitrogens with two attached hydrogens (primary N) is 1. The van der Waals surface area contributed by atoms with Crippen molar-refractivity contribution >= 4 is 5.91 Å². The second-order valence-electron chi connectivity index (χ2n) is 6.99. The normalized spacial score (nSPS) is 26.7. The summed E-state index contributed by atoms with van der Waals surface area (Å²) >= 11 is 0. The van der Waals surface area contributed by atoms with Crippen molar-refractivity contribution in [3.8, 4) is 0 Å². The molecule has 3 N–H and O–H groups in total. The van der Waals surface area contributed by atoms with Crippen LogP contribution in [0.25, 0.3) is 0 Å². The molecule has 0 spiro atoms. The van der Waals surface area contributed by atoms with Crippen LogP contribution in [0.15, 0.2) is 0 Å². The Bertz CT molecular complexity index is 278. The molecule has 4 heteroatoms. The summed E-state index contributed by atoms with van der Waals surface area (Å²) < 4.78 is 5.43. The average molecular weight is 256 g/mol. The van der Waals surface area contributed by atoms with Crippen molar-refractivity contribution < 1.29 is 9.53 Å². The van der Waals surface area contributed by atoms with Gasteiger partial charge in [-0.05, 0) is 31.6 Å². The highest BCUT2D eigenvalue weighted by atomic mass is 16.5. The third kappa shape index (κ3) is 5.83. The van der Waals surface area contributed by atoms with Gasteiger partial charge in [0.25, 0.3) is 0 Å². The Labute approximate surface area is 111 Å². The highest BCUT2D eigenvalue weighted by Crippen LogP contribution is 2.22. The van der Waals surface area contributed by atoms with Gasteiger partial charge < -0.3 is 15.8 Å². The summed E-state index contributed by atoms with van der Waals surface area (Å²) in [6, 6.07) is -0.0712. The molecule has 1 aliphatic heterocycles. The van der Waals surface area contributed by atoms with E-state index in [1.165, 1.54) is 0 Å². The molecule has 1 heterocycles. The fraction of sp³-hybridized carbons (Fsp3) is 0.929. The zero-order chi connectivity index (χ0) is 13.8. The number of carbonyl (C=O) groups excluding carboxylic acids is 1. The van der Waals surface area contributed by atoms with E-state index >= 15 is 0 Å². The minimum Gasteiger partial charge on any atom is -0.379 e. The standard InChI is InChI=1S/C14H28N2O2/c1-13(2,3)9-11(15)8-12(17)16-14(4)6-5-7-18-10-14/h11H,5-10,15H2,1-4H3,(H,16,17). The number of ether oxygens (including phenoxy) is 1. The first kappa shape index (κ1) is 15.4. The summed E-state index contributed by atoms with van der Waals surface area (Å²) in [4.78, 5) is 12.0. The molecule has 0 aliphatic carbocycles. The number of nitrogens with one attached hydrogen (secondary N) is 1. The molecule has 1 aliphatic rings. The van der Waals surface area contributed by atoms with E-state index < -0.39 is 0 Å². The Balaban J connectivity index is 2.36. The molecule has 1 rings (SSSR count). The van der Waals surface area contributed by atoms with Gasteiger partial charge in [-0.3, -0.25) is 4.79 Å². The molecule has 4 nitrogen and oxygen atoms in total. The van der Waals surface area contributed by atoms with Crippen LogP contribution in [0.4, 0.5) is 0 Å². The molecule has 0 radical (unpaired) electrons. The Hall–Kier alpha value is -0.610. The Kier molecular flexibility index (Phi) is 5.17. The van der Waals surface area contributed by atoms with Crippen LogP contribution in [-0.2, 0) is 9.53 Å². The van der Waals surface area contributed by atoms with Crippen molar-refractivity contribution in [2.24, 2.45) is 11.1 Å². The summed E-state index contributed by atoms with van der Waals surface area (Å²) in [5.41, 5.74) is 5.97. The van der Waals surface area contributed by atoms with Crippen LogP contribution in [0, 0.1) is 5.41 Å². The smallest absolute Gasteiger partial charge is 0.222 e. The second-order valence-corrected chi connectivity index (χ2v) is 6.99. The Morgan fingerprint density at radius 2 is 2.17 bits per heavy atom. The molecule has 106 valence electrons. The first-order valence-corrected chi connectivity index (χ1v) is 6.85. The van der Waals surface area contributed by atoms with Gasteiger partial charge in [-0.25, -0.2) is 0 Å². The molecule has 0 aromatic heterocycles. The van der Waals surface area contributed by atoms with Gasteiger partial charge in [-0.15, -0.1) is 0 Å². The van der Waals surface area contributed by atoms with Crippen molar-refractivity contribution in [3.05, 3.63) is 0 Å². The zero-order valence-electron chi connectivity index (χ0n) is 12.2. The van der Waals surface area contributed by atoms with Crippen LogP contribution in [0.2, 0.25) is 0 Å². The second kappa shape index (κ2) is 6.02. The molecular formula is C14H28N2O2. The van der Waals surface area contributed by atoms with Crippen molar-refractivity contribution in [3.63, 3.8) is 0 Å². The molecule has 2 unspecified atom stereocenters. The molecule has 18 heavy (non-hydrogen) atoms. The third-order valence-corrected chi connectivity index (χ3v) is 3.20. The highest BCUT2D eigenvalue weighted by Gasteiger charge is 2.29. The minimum absolute atomic E-state index is 0.0414. The molecular weight excluding hydrogens is 228 g/mol. The van der Waals surface area contributed by atoms with Crippen LogP contribution in [0.3, 0.4) is 0 Å². The Morgan fingerprint density at radius 3 is 2.67 bits per heavy atom. The lowest BCUT2D eigenvalue weighted by Gasteiger charge is -2.34. The van der Waals surface area contributed by atoms with E-state index in [9.17, 15) is 4.79 Å². The van der Waals surface area contributed by atoms with Gasteiger partial charge in [0.1, 0.15) is 0 Å². The fourth-order valence-corrected chi connectivity index (χ4v) is 2.52. The zero-order valence-corrected chi connectivity index (χ0v) is 12.2. The van der Waals surface area contributed by atoms with E-state index in [-0.39, 0.29) is 22.9 Å². The summed E-state index contributed by atoms with van der Waals surface area (Å²) in [5.74, 6) is 0.0414. The minimum atomic E-state index is -0.212. The number of rotatable bonds is 4. The summed E-state index contributed by atoms with van der Waals surface area (Å²) in [5, 5.41) is 3.07. The summed E-state index contributed by atoms with van der Waals surface area (Å²) in [6.07, 6.45) is 3.23. The maximum Gasteiger partial charge on any atom is 0.222 e. The molecule has 1 amide bonds. The molecule has 0 aromatic rings. The number of amides is 1. The van der Waals surface area contributed by atoms with Crippen molar-refractivity contribution in [2.45, 2.75) is 65.0 Å². The predicted molar refractivity (Wildman–Crippen MR) is 73.3 cm³/mol. The number of hydrogen-bond donors (Lipinski definition) is 2. The van der Waals surface area contributed by atoms with E-state index in [4.69, 9.17) is 10.5 Å². The predicted octanol–water partition coefficient (Wildman–Crippen LogP) is 1.83. The van der Waals surface area contributed by atoms with Gasteiger partial charge >= 0.3 is 0 Å². The van der Waals surface area contributed by atoms with E-state index in [1.54, 1.807) is 0 Å². The van der Waals surface area contributed by atoms with Gasteiger partial charge in [0, 0.05) is 19.1 Å². The maximum atomic E-state index is 12.0. The Morgan fingerprint density at radius 1 is 1.50 bits per heavy atom. The van der Waals surface area contributed by atoms with Gasteiger partial charge in [0.15, 0.2) is 0 Å². The molecule has 1 fully saturated rings. The van der Waals surface area contributed by atoms with Crippen LogP contribution in [-0.4, -0.2) is 30.7 Å². The average Bonchev–Trinajstić information content (AvgIpc) is 2.13. The van der Waals surface area contributed by atoms with Gasteiger partial charge in [0.2, 0.25) is 5.91 Å². The topological polar surface area (TPSA) is 64.4 Å². The fourth-order valence-electron chi connectivity index (χ4n) is 2.52. The first-order valence-electron chi connectivity index (χ1n) is 6.85. The van der Waals surface area contributed by atoms with Gasteiger partial charge in [-0.1, -0.05) is 20.8 Å². The van der Waals surface area contributed by atoms with Gasteiger partial charge in [-0.2, -0.15) is 0 Å². The van der Waals surface area contributed by atoms with Gasteiger partial charge in [0.05, 0.1) is 12.1 Å². The first-order chi connectivity index (χ1) is 8.20. The largest absolute Gasteiger partial charge is 0.379 e. The SMILES string of the molecule is CC(C)(C)CC(N)CC(=O)NC1(C)CCCOC1. The highest BCUT2D eigenvalue weighted by molar-refractivity contribution is 5.77. The lowest BCUT2D eigenvalue weighted by molar-refractivity contribution is -0.125. The van der Waals surface area contributed by atoms with Crippen LogP contribution < -0.4 is 11.1 Å². The summed E-state index contributed by atoms with van der Waals surface area (Å²) in [7, 11) is 0. The quantitative estimate of drug-likeness (QED) is 0.806. The van der Waals surface area contributed by atoms with Crippen LogP contribution in [0.5, 0.6) is 0 Å². The van der Waals surface area contributed by atoms with E-state index in [0.29, 0.717) is 13.0 Å². The monoisotopic (exact) mass is 256 g/mol. The van der Waals surface area contributed by atoms with Crippen molar-refractivity contribution in [1.82, 2.24) is 5.32 Å². The van der Waals surface area contributed by atoms with E-state index in [2.05, 4.69) is 26.1 Å². The van der Waals surface area contributed by atoms with Crippen LogP contribution >= 0.6 is 0 Å². The van der Waals surface area contributed by atoms with E-state index in [0.717, 1.165) is 25.9 Å². The molecule has 1 saturated heterocycles. The lowest BCUT2D eigenvalue weighted by atomic mass is 9.87. The molecule has 0 bridgehead atoms. The molecule has 0 aromatic carbocycles. The van der Waals surface area contributed by atoms with Crippen molar-refractivity contribution in [2.75, 3.05) is 13.2 Å². The number of carbonyl (C=O) groups is 1.